The molecule has 1 aliphatic rings. The summed E-state index contributed by atoms with van der Waals surface area (Å²) in [6, 6.07) is 13.8. The van der Waals surface area contributed by atoms with Crippen LogP contribution >= 0.6 is 11.8 Å². The summed E-state index contributed by atoms with van der Waals surface area (Å²) in [7, 11) is 0. The van der Waals surface area contributed by atoms with E-state index in [0.717, 1.165) is 22.0 Å². The molecule has 0 saturated carbocycles. The highest BCUT2D eigenvalue weighted by atomic mass is 32.2. The molecule has 2 heterocycles. The van der Waals surface area contributed by atoms with E-state index < -0.39 is 0 Å². The summed E-state index contributed by atoms with van der Waals surface area (Å²) in [4.78, 5) is 21.2. The second-order valence-electron chi connectivity index (χ2n) is 6.89. The van der Waals surface area contributed by atoms with Crippen LogP contribution in [0, 0.1) is 5.82 Å². The number of hydrogen-bond donors (Lipinski definition) is 2. The molecule has 3 aromatic rings. The lowest BCUT2D eigenvalue weighted by molar-refractivity contribution is -0.113. The molecule has 1 amide bonds. The average molecular weight is 437 g/mol. The molecule has 0 atom stereocenters. The monoisotopic (exact) mass is 436 g/mol. The molecule has 1 aliphatic heterocycles. The number of anilines is 1. The molecule has 6 nitrogen and oxygen atoms in total. The van der Waals surface area contributed by atoms with E-state index in [9.17, 15) is 9.18 Å². The highest BCUT2D eigenvalue weighted by Gasteiger charge is 2.21. The molecule has 0 bridgehead atoms. The number of benzene rings is 2. The second kappa shape index (κ2) is 9.18. The van der Waals surface area contributed by atoms with Crippen molar-refractivity contribution in [1.82, 2.24) is 10.3 Å². The summed E-state index contributed by atoms with van der Waals surface area (Å²) in [6.07, 6.45) is 2.43. The molecule has 31 heavy (non-hydrogen) atoms. The van der Waals surface area contributed by atoms with Crippen molar-refractivity contribution in [2.24, 2.45) is 4.99 Å². The van der Waals surface area contributed by atoms with E-state index in [4.69, 9.17) is 10.5 Å². The Kier molecular flexibility index (Phi) is 6.18. The van der Waals surface area contributed by atoms with Crippen LogP contribution in [-0.2, 0) is 11.2 Å². The number of nitrogens with zero attached hydrogens (tertiary/aromatic N) is 2. The van der Waals surface area contributed by atoms with E-state index >= 15 is 0 Å². The van der Waals surface area contributed by atoms with Gasteiger partial charge in [-0.2, -0.15) is 4.99 Å². The van der Waals surface area contributed by atoms with Crippen LogP contribution in [0.4, 0.5) is 10.2 Å². The Morgan fingerprint density at radius 3 is 2.90 bits per heavy atom. The lowest BCUT2D eigenvalue weighted by Gasteiger charge is -2.09. The Bertz CT molecular complexity index is 1210. The molecular weight excluding hydrogens is 415 g/mol. The maximum absolute atomic E-state index is 13.3. The molecule has 1 aromatic heterocycles. The molecule has 0 aliphatic carbocycles. The number of thioether (sulfide) groups is 1. The fourth-order valence-electron chi connectivity index (χ4n) is 3.24. The number of aromatic nitrogens is 1. The molecule has 3 N–H and O–H groups in total. The molecule has 4 rings (SSSR count). The van der Waals surface area contributed by atoms with Gasteiger partial charge in [-0.25, -0.2) is 9.37 Å². The highest BCUT2D eigenvalue weighted by Crippen LogP contribution is 2.31. The molecule has 2 aromatic carbocycles. The Hall–Kier alpha value is -3.39. The number of amides is 1. The molecule has 0 saturated heterocycles. The van der Waals surface area contributed by atoms with Gasteiger partial charge in [0, 0.05) is 18.0 Å². The van der Waals surface area contributed by atoms with Crippen LogP contribution in [0.3, 0.4) is 0 Å². The van der Waals surface area contributed by atoms with Gasteiger partial charge in [0.15, 0.2) is 5.17 Å². The van der Waals surface area contributed by atoms with Crippen molar-refractivity contribution in [2.45, 2.75) is 13.3 Å². The van der Waals surface area contributed by atoms with Gasteiger partial charge < -0.3 is 15.8 Å². The normalized spacial score (nSPS) is 14.8. The molecule has 0 spiro atoms. The molecule has 0 unspecified atom stereocenters. The molecular formula is C23H21FN4O2S. The average Bonchev–Trinajstić information content (AvgIpc) is 3.07. The van der Waals surface area contributed by atoms with Crippen LogP contribution in [0.2, 0.25) is 0 Å². The quantitative estimate of drug-likeness (QED) is 0.564. The number of fused-ring (bicyclic) bond motifs is 1. The van der Waals surface area contributed by atoms with Crippen LogP contribution in [0.15, 0.2) is 58.4 Å². The molecule has 0 radical (unpaired) electrons. The summed E-state index contributed by atoms with van der Waals surface area (Å²) in [5, 5.41) is 4.51. The van der Waals surface area contributed by atoms with Gasteiger partial charge in [-0.1, -0.05) is 18.2 Å². The van der Waals surface area contributed by atoms with Crippen molar-refractivity contribution >= 4 is 45.6 Å². The van der Waals surface area contributed by atoms with E-state index in [0.29, 0.717) is 41.2 Å². The lowest BCUT2D eigenvalue weighted by Crippen LogP contribution is -2.21. The van der Waals surface area contributed by atoms with Crippen molar-refractivity contribution in [3.63, 3.8) is 0 Å². The van der Waals surface area contributed by atoms with Gasteiger partial charge >= 0.3 is 0 Å². The number of hydrogen-bond acceptors (Lipinski definition) is 6. The van der Waals surface area contributed by atoms with Gasteiger partial charge in [-0.3, -0.25) is 4.79 Å². The van der Waals surface area contributed by atoms with Gasteiger partial charge in [0.1, 0.15) is 17.4 Å². The summed E-state index contributed by atoms with van der Waals surface area (Å²) in [5.74, 6) is 0.502. The van der Waals surface area contributed by atoms with Crippen LogP contribution in [0.1, 0.15) is 18.1 Å². The summed E-state index contributed by atoms with van der Waals surface area (Å²) in [5.41, 5.74) is 8.30. The zero-order valence-corrected chi connectivity index (χ0v) is 17.7. The van der Waals surface area contributed by atoms with Crippen molar-refractivity contribution in [1.29, 1.82) is 0 Å². The third kappa shape index (κ3) is 5.03. The molecule has 8 heteroatoms. The van der Waals surface area contributed by atoms with E-state index in [1.54, 1.807) is 18.2 Å². The van der Waals surface area contributed by atoms with Gasteiger partial charge in [-0.05, 0) is 66.6 Å². The van der Waals surface area contributed by atoms with Crippen LogP contribution in [0.25, 0.3) is 17.0 Å². The number of nitrogens with one attached hydrogen (secondary N) is 1. The lowest BCUT2D eigenvalue weighted by atomic mass is 10.1. The number of ether oxygens (including phenoxy) is 1. The number of carbonyl (C=O) groups excluding carboxylic acids is 1. The third-order valence-corrected chi connectivity index (χ3v) is 5.55. The Morgan fingerprint density at radius 1 is 1.23 bits per heavy atom. The van der Waals surface area contributed by atoms with E-state index in [2.05, 4.69) is 15.3 Å². The van der Waals surface area contributed by atoms with Gasteiger partial charge in [0.2, 0.25) is 0 Å². The van der Waals surface area contributed by atoms with Crippen LogP contribution in [0.5, 0.6) is 5.75 Å². The minimum atomic E-state index is -0.293. The van der Waals surface area contributed by atoms with Gasteiger partial charge in [0.25, 0.3) is 5.91 Å². The Balaban J connectivity index is 1.46. The third-order valence-electron chi connectivity index (χ3n) is 4.61. The number of amidine groups is 1. The standard InChI is InChI=1S/C23H21FN4O2S/c1-2-30-19-13-21(25)27-18-7-6-15(11-17(18)19)12-20-22(29)28-23(31-20)26-9-8-14-4-3-5-16(24)10-14/h3-7,10-13H,2,8-9H2,1H3,(H2,25,27)(H,26,28,29)/b20-12+. The summed E-state index contributed by atoms with van der Waals surface area (Å²) >= 11 is 1.28. The SMILES string of the molecule is CCOc1cc(N)nc2ccc(/C=C3/SC(NCCc4cccc(F)c4)=NC3=O)cc12. The second-order valence-corrected chi connectivity index (χ2v) is 7.92. The number of nitrogens with two attached hydrogens (primary N) is 1. The van der Waals surface area contributed by atoms with E-state index in [1.807, 2.05) is 31.2 Å². The van der Waals surface area contributed by atoms with Crippen molar-refractivity contribution in [3.8, 4) is 5.75 Å². The van der Waals surface area contributed by atoms with Gasteiger partial charge in [0.05, 0.1) is 17.0 Å². The minimum Gasteiger partial charge on any atom is -0.493 e. The first kappa shape index (κ1) is 20.9. The Labute approximate surface area is 183 Å². The predicted molar refractivity (Wildman–Crippen MR) is 123 cm³/mol. The topological polar surface area (TPSA) is 89.6 Å². The molecule has 158 valence electrons. The van der Waals surface area contributed by atoms with E-state index in [1.165, 1.54) is 23.9 Å². The molecule has 0 fully saturated rings. The van der Waals surface area contributed by atoms with Crippen molar-refractivity contribution in [3.05, 3.63) is 70.4 Å². The minimum absolute atomic E-state index is 0.258. The van der Waals surface area contributed by atoms with E-state index in [-0.39, 0.29) is 11.7 Å². The highest BCUT2D eigenvalue weighted by molar-refractivity contribution is 8.18. The van der Waals surface area contributed by atoms with Crippen LogP contribution < -0.4 is 15.8 Å². The maximum atomic E-state index is 13.3. The first-order chi connectivity index (χ1) is 15.0. The number of nitrogen functional groups attached to an aromatic ring is 1. The zero-order valence-electron chi connectivity index (χ0n) is 16.9. The number of aliphatic imine (C=N–C) groups is 1. The first-order valence-electron chi connectivity index (χ1n) is 9.86. The summed E-state index contributed by atoms with van der Waals surface area (Å²) in [6.45, 7) is 2.97. The Morgan fingerprint density at radius 2 is 2.10 bits per heavy atom. The van der Waals surface area contributed by atoms with Gasteiger partial charge in [-0.15, -0.1) is 0 Å². The number of carbonyl (C=O) groups is 1. The van der Waals surface area contributed by atoms with Crippen LogP contribution in [-0.4, -0.2) is 29.2 Å². The predicted octanol–water partition coefficient (Wildman–Crippen LogP) is 4.16. The first-order valence-corrected chi connectivity index (χ1v) is 10.7. The number of rotatable bonds is 6. The largest absolute Gasteiger partial charge is 0.493 e. The summed E-state index contributed by atoms with van der Waals surface area (Å²) < 4.78 is 19.0. The zero-order chi connectivity index (χ0) is 21.8. The smallest absolute Gasteiger partial charge is 0.286 e. The van der Waals surface area contributed by atoms with Crippen molar-refractivity contribution < 1.29 is 13.9 Å². The fourth-order valence-corrected chi connectivity index (χ4v) is 4.08. The number of pyridine rings is 1. The number of halogens is 1. The maximum Gasteiger partial charge on any atom is 0.286 e. The van der Waals surface area contributed by atoms with Crippen molar-refractivity contribution in [2.75, 3.05) is 18.9 Å². The fraction of sp³-hybridized carbons (Fsp3) is 0.174.